The van der Waals surface area contributed by atoms with E-state index in [1.165, 1.54) is 18.5 Å². The van der Waals surface area contributed by atoms with Gasteiger partial charge in [0.1, 0.15) is 12.9 Å². The SMILES string of the molecule is CC#CCOC(=N)CCc1ccc(NC(=O)/C=C/c2cnccc2C(C=NCC=O)=CN)cc1. The molecule has 0 fully saturated rings. The second-order valence-electron chi connectivity index (χ2n) is 6.90. The van der Waals surface area contributed by atoms with E-state index in [4.69, 9.17) is 15.9 Å². The molecule has 0 saturated heterocycles. The van der Waals surface area contributed by atoms with Crippen LogP contribution in [0.5, 0.6) is 0 Å². The van der Waals surface area contributed by atoms with Crippen LogP contribution >= 0.6 is 0 Å². The number of allylic oxidation sites excluding steroid dienone is 1. The van der Waals surface area contributed by atoms with E-state index in [0.717, 1.165) is 11.1 Å². The summed E-state index contributed by atoms with van der Waals surface area (Å²) in [5.41, 5.74) is 9.40. The van der Waals surface area contributed by atoms with Crippen molar-refractivity contribution in [2.45, 2.75) is 19.8 Å². The molecule has 1 aromatic carbocycles. The van der Waals surface area contributed by atoms with Gasteiger partial charge in [-0.15, -0.1) is 5.92 Å². The molecular weight excluding hydrogens is 430 g/mol. The van der Waals surface area contributed by atoms with Gasteiger partial charge in [-0.25, -0.2) is 0 Å². The molecule has 4 N–H and O–H groups in total. The predicted molar refractivity (Wildman–Crippen MR) is 135 cm³/mol. The number of benzene rings is 1. The van der Waals surface area contributed by atoms with E-state index < -0.39 is 0 Å². The number of nitrogens with one attached hydrogen (secondary N) is 2. The molecule has 0 bridgehead atoms. The minimum Gasteiger partial charge on any atom is -0.468 e. The molecule has 1 heterocycles. The summed E-state index contributed by atoms with van der Waals surface area (Å²) >= 11 is 0. The number of nitrogens with zero attached hydrogens (tertiary/aromatic N) is 2. The molecule has 0 spiro atoms. The molecule has 1 aromatic heterocycles. The topological polar surface area (TPSA) is 131 Å². The first-order chi connectivity index (χ1) is 16.6. The van der Waals surface area contributed by atoms with Crippen LogP contribution in [0.2, 0.25) is 0 Å². The molecular formula is C26H27N5O3. The van der Waals surface area contributed by atoms with Crippen molar-refractivity contribution >= 4 is 41.6 Å². The predicted octanol–water partition coefficient (Wildman–Crippen LogP) is 3.25. The van der Waals surface area contributed by atoms with Crippen LogP contribution in [0, 0.1) is 17.3 Å². The second-order valence-corrected chi connectivity index (χ2v) is 6.90. The van der Waals surface area contributed by atoms with Gasteiger partial charge in [0.05, 0.1) is 6.54 Å². The highest BCUT2D eigenvalue weighted by molar-refractivity contribution is 6.11. The molecule has 8 heteroatoms. The Kier molecular flexibility index (Phi) is 11.0. The number of amides is 1. The Hall–Kier alpha value is -4.51. The first kappa shape index (κ1) is 25.7. The molecule has 0 aliphatic rings. The summed E-state index contributed by atoms with van der Waals surface area (Å²) in [7, 11) is 0. The largest absolute Gasteiger partial charge is 0.468 e. The fourth-order valence-electron chi connectivity index (χ4n) is 2.83. The van der Waals surface area contributed by atoms with Gasteiger partial charge in [-0.05, 0) is 48.7 Å². The number of pyridine rings is 1. The van der Waals surface area contributed by atoms with E-state index in [0.29, 0.717) is 36.0 Å². The lowest BCUT2D eigenvalue weighted by Gasteiger charge is -2.07. The molecule has 0 unspecified atom stereocenters. The number of rotatable bonds is 11. The number of carbonyl (C=O) groups is 2. The minimum atomic E-state index is -0.303. The van der Waals surface area contributed by atoms with E-state index in [2.05, 4.69) is 27.1 Å². The van der Waals surface area contributed by atoms with Crippen LogP contribution in [0.4, 0.5) is 5.69 Å². The lowest BCUT2D eigenvalue weighted by atomic mass is 10.0. The number of carbonyl (C=O) groups excluding carboxylic acids is 2. The van der Waals surface area contributed by atoms with Crippen LogP contribution in [0.25, 0.3) is 11.6 Å². The molecule has 1 amide bonds. The van der Waals surface area contributed by atoms with E-state index in [-0.39, 0.29) is 25.0 Å². The van der Waals surface area contributed by atoms with Gasteiger partial charge in [0, 0.05) is 54.1 Å². The number of aliphatic imine (C=N–C) groups is 1. The van der Waals surface area contributed by atoms with Crippen LogP contribution in [0.15, 0.2) is 60.0 Å². The van der Waals surface area contributed by atoms with Gasteiger partial charge < -0.3 is 20.6 Å². The lowest BCUT2D eigenvalue weighted by molar-refractivity contribution is -0.112. The van der Waals surface area contributed by atoms with Crippen LogP contribution in [0.3, 0.4) is 0 Å². The molecule has 0 aliphatic heterocycles. The number of aromatic nitrogens is 1. The number of anilines is 1. The van der Waals surface area contributed by atoms with Crippen LogP contribution in [-0.2, 0) is 20.7 Å². The van der Waals surface area contributed by atoms with Gasteiger partial charge in [-0.3, -0.25) is 20.2 Å². The summed E-state index contributed by atoms with van der Waals surface area (Å²) in [4.78, 5) is 31.0. The molecule has 0 saturated carbocycles. The van der Waals surface area contributed by atoms with Crippen LogP contribution in [0.1, 0.15) is 30.0 Å². The molecule has 0 atom stereocenters. The minimum absolute atomic E-state index is 0.0409. The molecule has 0 radical (unpaired) electrons. The monoisotopic (exact) mass is 457 g/mol. The zero-order chi connectivity index (χ0) is 24.6. The number of ether oxygens (including phenoxy) is 1. The van der Waals surface area contributed by atoms with E-state index in [1.54, 1.807) is 31.5 Å². The Morgan fingerprint density at radius 2 is 2.09 bits per heavy atom. The van der Waals surface area contributed by atoms with Crippen molar-refractivity contribution in [2.24, 2.45) is 10.7 Å². The Morgan fingerprint density at radius 1 is 1.29 bits per heavy atom. The summed E-state index contributed by atoms with van der Waals surface area (Å²) in [6, 6.07) is 9.16. The number of hydrogen-bond acceptors (Lipinski definition) is 7. The van der Waals surface area contributed by atoms with E-state index in [9.17, 15) is 9.59 Å². The molecule has 2 aromatic rings. The summed E-state index contributed by atoms with van der Waals surface area (Å²) in [6.07, 6.45) is 11.0. The highest BCUT2D eigenvalue weighted by Gasteiger charge is 2.05. The van der Waals surface area contributed by atoms with Crippen molar-refractivity contribution < 1.29 is 14.3 Å². The first-order valence-corrected chi connectivity index (χ1v) is 10.5. The standard InChI is InChI=1S/C26H27N5O3/c1-2-3-16-34-25(28)10-6-20-4-8-23(9-5-20)31-26(33)11-7-21-18-29-13-12-24(21)22(17-27)19-30-14-15-32/h4-5,7-9,11-13,15,17-19,28H,6,10,14,16,27H2,1H3,(H,31,33)/b11-7+,22-17?,28-25?,30-19?. The van der Waals surface area contributed by atoms with Gasteiger partial charge in [0.25, 0.3) is 0 Å². The average molecular weight is 458 g/mol. The fraction of sp³-hybridized carbons (Fsp3) is 0.192. The number of hydrogen-bond donors (Lipinski definition) is 3. The third-order valence-electron chi connectivity index (χ3n) is 4.52. The second kappa shape index (κ2) is 14.5. The number of nitrogens with two attached hydrogens (primary N) is 1. The van der Waals surface area contributed by atoms with Crippen LogP contribution < -0.4 is 11.1 Å². The zero-order valence-electron chi connectivity index (χ0n) is 19.0. The summed E-state index contributed by atoms with van der Waals surface area (Å²) in [5, 5.41) is 10.6. The van der Waals surface area contributed by atoms with Gasteiger partial charge >= 0.3 is 0 Å². The van der Waals surface area contributed by atoms with Crippen molar-refractivity contribution in [1.82, 2.24) is 4.98 Å². The molecule has 0 aliphatic carbocycles. The van der Waals surface area contributed by atoms with Crippen molar-refractivity contribution in [3.8, 4) is 11.8 Å². The highest BCUT2D eigenvalue weighted by atomic mass is 16.5. The highest BCUT2D eigenvalue weighted by Crippen LogP contribution is 2.18. The summed E-state index contributed by atoms with van der Waals surface area (Å²) < 4.78 is 5.21. The third kappa shape index (κ3) is 8.93. The molecule has 174 valence electrons. The van der Waals surface area contributed by atoms with Crippen molar-refractivity contribution in [3.63, 3.8) is 0 Å². The molecule has 34 heavy (non-hydrogen) atoms. The first-order valence-electron chi connectivity index (χ1n) is 10.5. The Labute approximate surface area is 199 Å². The van der Waals surface area contributed by atoms with Crippen molar-refractivity contribution in [3.05, 3.63) is 71.7 Å². The van der Waals surface area contributed by atoms with E-state index in [1.807, 2.05) is 24.3 Å². The van der Waals surface area contributed by atoms with Gasteiger partial charge in [0.2, 0.25) is 5.91 Å². The van der Waals surface area contributed by atoms with Crippen molar-refractivity contribution in [1.29, 1.82) is 5.41 Å². The van der Waals surface area contributed by atoms with Gasteiger partial charge in [-0.2, -0.15) is 0 Å². The third-order valence-corrected chi connectivity index (χ3v) is 4.52. The quantitative estimate of drug-likeness (QED) is 0.157. The maximum atomic E-state index is 12.4. The Bertz CT molecular complexity index is 1140. The van der Waals surface area contributed by atoms with Crippen LogP contribution in [-0.4, -0.2) is 42.4 Å². The normalized spacial score (nSPS) is 11.1. The Balaban J connectivity index is 1.96. The smallest absolute Gasteiger partial charge is 0.248 e. The van der Waals surface area contributed by atoms with Gasteiger partial charge in [-0.1, -0.05) is 18.1 Å². The van der Waals surface area contributed by atoms with Gasteiger partial charge in [0.15, 0.2) is 5.90 Å². The lowest BCUT2D eigenvalue weighted by Crippen LogP contribution is -2.08. The maximum Gasteiger partial charge on any atom is 0.248 e. The summed E-state index contributed by atoms with van der Waals surface area (Å²) in [5.74, 6) is 5.37. The fourth-order valence-corrected chi connectivity index (χ4v) is 2.83. The van der Waals surface area contributed by atoms with E-state index >= 15 is 0 Å². The Morgan fingerprint density at radius 3 is 2.79 bits per heavy atom. The average Bonchev–Trinajstić information content (AvgIpc) is 2.85. The summed E-state index contributed by atoms with van der Waals surface area (Å²) in [6.45, 7) is 1.99. The number of aldehydes is 1. The zero-order valence-corrected chi connectivity index (χ0v) is 19.0. The molecule has 8 nitrogen and oxygen atoms in total. The maximum absolute atomic E-state index is 12.4. The molecule has 2 rings (SSSR count). The number of aryl methyl sites for hydroxylation is 1. The van der Waals surface area contributed by atoms with Crippen molar-refractivity contribution in [2.75, 3.05) is 18.5 Å².